The third-order valence-corrected chi connectivity index (χ3v) is 3.38. The van der Waals surface area contributed by atoms with Crippen LogP contribution in [0.4, 0.5) is 5.69 Å². The topological polar surface area (TPSA) is 100 Å². The Morgan fingerprint density at radius 3 is 2.12 bits per heavy atom. The molecule has 2 aromatic carbocycles. The monoisotopic (exact) mass is 332 g/mol. The number of nitrogens with zero attached hydrogens (tertiary/aromatic N) is 3. The second-order valence-electron chi connectivity index (χ2n) is 4.59. The SMILES string of the molecule is N#CC(C#N)=C(C#N)Nc1ccccc1C(=O)c1ccc(Cl)cc1. The molecule has 0 aliphatic rings. The van der Waals surface area contributed by atoms with E-state index in [9.17, 15) is 4.79 Å². The number of halogens is 1. The van der Waals surface area contributed by atoms with Gasteiger partial charge in [-0.05, 0) is 36.4 Å². The number of hydrogen-bond donors (Lipinski definition) is 1. The summed E-state index contributed by atoms with van der Waals surface area (Å²) in [4.78, 5) is 12.6. The summed E-state index contributed by atoms with van der Waals surface area (Å²) in [6.07, 6.45) is 0. The van der Waals surface area contributed by atoms with Crippen LogP contribution in [0.2, 0.25) is 5.02 Å². The molecule has 114 valence electrons. The number of para-hydroxylation sites is 1. The lowest BCUT2D eigenvalue weighted by atomic mass is 10.0. The van der Waals surface area contributed by atoms with Crippen molar-refractivity contribution in [3.8, 4) is 18.2 Å². The zero-order chi connectivity index (χ0) is 17.5. The van der Waals surface area contributed by atoms with Crippen molar-refractivity contribution >= 4 is 23.1 Å². The first-order valence-electron chi connectivity index (χ1n) is 6.71. The molecular weight excluding hydrogens is 324 g/mol. The molecule has 0 spiro atoms. The highest BCUT2D eigenvalue weighted by atomic mass is 35.5. The zero-order valence-electron chi connectivity index (χ0n) is 12.2. The van der Waals surface area contributed by atoms with Crippen LogP contribution in [0.5, 0.6) is 0 Å². The number of allylic oxidation sites excluding steroid dienone is 2. The maximum absolute atomic E-state index is 12.6. The lowest BCUT2D eigenvalue weighted by Gasteiger charge is -2.10. The summed E-state index contributed by atoms with van der Waals surface area (Å²) in [7, 11) is 0. The summed E-state index contributed by atoms with van der Waals surface area (Å²) in [5.41, 5.74) is 0.499. The molecule has 1 N–H and O–H groups in total. The molecule has 0 aliphatic carbocycles. The van der Waals surface area contributed by atoms with Gasteiger partial charge in [0.1, 0.15) is 23.9 Å². The summed E-state index contributed by atoms with van der Waals surface area (Å²) < 4.78 is 0. The Morgan fingerprint density at radius 1 is 0.917 bits per heavy atom. The van der Waals surface area contributed by atoms with E-state index in [-0.39, 0.29) is 17.1 Å². The number of nitrogens with one attached hydrogen (secondary N) is 1. The molecule has 0 saturated heterocycles. The van der Waals surface area contributed by atoms with Gasteiger partial charge in [-0.25, -0.2) is 0 Å². The normalized spacial score (nSPS) is 9.08. The second kappa shape index (κ2) is 7.61. The van der Waals surface area contributed by atoms with Crippen molar-refractivity contribution in [1.29, 1.82) is 15.8 Å². The maximum atomic E-state index is 12.6. The smallest absolute Gasteiger partial charge is 0.195 e. The van der Waals surface area contributed by atoms with E-state index in [0.29, 0.717) is 21.8 Å². The average molecular weight is 333 g/mol. The molecule has 0 fully saturated rings. The highest BCUT2D eigenvalue weighted by Crippen LogP contribution is 2.22. The van der Waals surface area contributed by atoms with Crippen LogP contribution in [0.25, 0.3) is 0 Å². The molecule has 24 heavy (non-hydrogen) atoms. The van der Waals surface area contributed by atoms with Gasteiger partial charge in [0.2, 0.25) is 0 Å². The van der Waals surface area contributed by atoms with Crippen molar-refractivity contribution in [2.45, 2.75) is 0 Å². The van der Waals surface area contributed by atoms with Crippen molar-refractivity contribution in [3.63, 3.8) is 0 Å². The van der Waals surface area contributed by atoms with Crippen molar-refractivity contribution < 1.29 is 4.79 Å². The molecule has 0 amide bonds. The number of rotatable bonds is 4. The molecule has 0 aliphatic heterocycles. The number of ketones is 1. The van der Waals surface area contributed by atoms with Crippen molar-refractivity contribution in [1.82, 2.24) is 0 Å². The zero-order valence-corrected chi connectivity index (χ0v) is 13.0. The molecule has 0 radical (unpaired) electrons. The molecule has 2 rings (SSSR count). The first-order chi connectivity index (χ1) is 11.6. The van der Waals surface area contributed by atoms with E-state index in [1.807, 2.05) is 0 Å². The molecule has 0 unspecified atom stereocenters. The Balaban J connectivity index is 2.46. The Hall–Kier alpha value is -3.59. The van der Waals surface area contributed by atoms with Crippen molar-refractivity contribution in [2.75, 3.05) is 5.32 Å². The van der Waals surface area contributed by atoms with E-state index in [1.165, 1.54) is 0 Å². The number of benzene rings is 2. The van der Waals surface area contributed by atoms with Gasteiger partial charge in [0.05, 0.1) is 5.69 Å². The molecule has 0 aromatic heterocycles. The van der Waals surface area contributed by atoms with E-state index in [4.69, 9.17) is 27.4 Å². The van der Waals surface area contributed by atoms with Gasteiger partial charge >= 0.3 is 0 Å². The summed E-state index contributed by atoms with van der Waals surface area (Å²) in [5, 5.41) is 30.1. The molecule has 2 aromatic rings. The van der Waals surface area contributed by atoms with Crippen LogP contribution in [0.15, 0.2) is 59.8 Å². The number of carbonyl (C=O) groups is 1. The van der Waals surface area contributed by atoms with Crippen LogP contribution in [-0.4, -0.2) is 5.78 Å². The molecule has 0 heterocycles. The molecule has 5 nitrogen and oxygen atoms in total. The van der Waals surface area contributed by atoms with E-state index in [0.717, 1.165) is 0 Å². The minimum Gasteiger partial charge on any atom is -0.345 e. The quantitative estimate of drug-likeness (QED) is 0.677. The van der Waals surface area contributed by atoms with E-state index in [1.54, 1.807) is 66.7 Å². The lowest BCUT2D eigenvalue weighted by molar-refractivity contribution is 0.103. The summed E-state index contributed by atoms with van der Waals surface area (Å²) in [6.45, 7) is 0. The summed E-state index contributed by atoms with van der Waals surface area (Å²) >= 11 is 5.82. The molecule has 0 bridgehead atoms. The van der Waals surface area contributed by atoms with Gasteiger partial charge in [0.15, 0.2) is 11.4 Å². The molecule has 0 saturated carbocycles. The predicted molar refractivity (Wildman–Crippen MR) is 88.8 cm³/mol. The molecule has 0 atom stereocenters. The number of anilines is 1. The van der Waals surface area contributed by atoms with Crippen LogP contribution >= 0.6 is 11.6 Å². The van der Waals surface area contributed by atoms with Crippen LogP contribution in [0.3, 0.4) is 0 Å². The maximum Gasteiger partial charge on any atom is 0.195 e. The van der Waals surface area contributed by atoms with Gasteiger partial charge in [0.25, 0.3) is 0 Å². The summed E-state index contributed by atoms with van der Waals surface area (Å²) in [6, 6.07) is 18.0. The second-order valence-corrected chi connectivity index (χ2v) is 5.03. The van der Waals surface area contributed by atoms with Crippen LogP contribution in [0, 0.1) is 34.0 Å². The minimum absolute atomic E-state index is 0.212. The van der Waals surface area contributed by atoms with E-state index in [2.05, 4.69) is 5.32 Å². The van der Waals surface area contributed by atoms with Gasteiger partial charge in [0, 0.05) is 16.1 Å². The first kappa shape index (κ1) is 16.8. The Morgan fingerprint density at radius 2 is 1.54 bits per heavy atom. The van der Waals surface area contributed by atoms with Crippen LogP contribution < -0.4 is 5.32 Å². The first-order valence-corrected chi connectivity index (χ1v) is 7.09. The fourth-order valence-electron chi connectivity index (χ4n) is 1.96. The van der Waals surface area contributed by atoms with Crippen LogP contribution in [0.1, 0.15) is 15.9 Å². The standard InChI is InChI=1S/C18H9ClN4O/c19-14-7-5-12(6-8-14)18(24)15-3-1-2-4-16(15)23-17(11-22)13(9-20)10-21/h1-8,23H. The number of hydrogen-bond acceptors (Lipinski definition) is 5. The number of carbonyl (C=O) groups excluding carboxylic acids is 1. The fourth-order valence-corrected chi connectivity index (χ4v) is 2.09. The Labute approximate surface area is 143 Å². The molecular formula is C18H9ClN4O. The number of nitriles is 3. The predicted octanol–water partition coefficient (Wildman–Crippen LogP) is 3.81. The van der Waals surface area contributed by atoms with E-state index < -0.39 is 0 Å². The Kier molecular flexibility index (Phi) is 5.32. The largest absolute Gasteiger partial charge is 0.345 e. The van der Waals surface area contributed by atoms with Crippen LogP contribution in [-0.2, 0) is 0 Å². The highest BCUT2D eigenvalue weighted by molar-refractivity contribution is 6.30. The lowest BCUT2D eigenvalue weighted by Crippen LogP contribution is -2.08. The Bertz CT molecular complexity index is 925. The third kappa shape index (κ3) is 3.59. The van der Waals surface area contributed by atoms with Crippen molar-refractivity contribution in [3.05, 3.63) is 76.0 Å². The third-order valence-electron chi connectivity index (χ3n) is 3.12. The van der Waals surface area contributed by atoms with E-state index >= 15 is 0 Å². The fraction of sp³-hybridized carbons (Fsp3) is 0. The van der Waals surface area contributed by atoms with Gasteiger partial charge in [-0.2, -0.15) is 15.8 Å². The van der Waals surface area contributed by atoms with Gasteiger partial charge in [-0.3, -0.25) is 4.79 Å². The highest BCUT2D eigenvalue weighted by Gasteiger charge is 2.15. The molecule has 6 heteroatoms. The average Bonchev–Trinajstić information content (AvgIpc) is 2.62. The minimum atomic E-state index is -0.355. The van der Waals surface area contributed by atoms with Gasteiger partial charge < -0.3 is 5.32 Å². The summed E-state index contributed by atoms with van der Waals surface area (Å²) in [5.74, 6) is -0.275. The van der Waals surface area contributed by atoms with Gasteiger partial charge in [-0.1, -0.05) is 23.7 Å². The van der Waals surface area contributed by atoms with Gasteiger partial charge in [-0.15, -0.1) is 0 Å². The van der Waals surface area contributed by atoms with Crippen molar-refractivity contribution in [2.24, 2.45) is 0 Å².